The number of carbonyl (C=O) groups excluding carboxylic acids is 2. The molecule has 19 heavy (non-hydrogen) atoms. The minimum Gasteiger partial charge on any atom is -0.366 e. The maximum Gasteiger partial charge on any atom is 0.248 e. The Morgan fingerprint density at radius 2 is 2.11 bits per heavy atom. The van der Waals surface area contributed by atoms with Crippen molar-refractivity contribution in [3.05, 3.63) is 52.2 Å². The molecule has 0 spiro atoms. The number of aryl methyl sites for hydroxylation is 1. The van der Waals surface area contributed by atoms with Gasteiger partial charge < -0.3 is 11.1 Å². The molecule has 0 bridgehead atoms. The molecule has 98 valence electrons. The molecular weight excluding hydrogens is 260 g/mol. The lowest BCUT2D eigenvalue weighted by molar-refractivity contribution is -0.116. The summed E-state index contributed by atoms with van der Waals surface area (Å²) in [6.45, 7) is 0. The molecule has 4 nitrogen and oxygen atoms in total. The summed E-state index contributed by atoms with van der Waals surface area (Å²) in [6, 6.07) is 8.61. The number of carbonyl (C=O) groups is 2. The van der Waals surface area contributed by atoms with Gasteiger partial charge in [0.1, 0.15) is 0 Å². The number of benzene rings is 1. The van der Waals surface area contributed by atoms with Crippen molar-refractivity contribution in [1.29, 1.82) is 0 Å². The van der Waals surface area contributed by atoms with Gasteiger partial charge in [-0.25, -0.2) is 0 Å². The maximum absolute atomic E-state index is 11.8. The highest BCUT2D eigenvalue weighted by atomic mass is 32.1. The van der Waals surface area contributed by atoms with Gasteiger partial charge in [-0.2, -0.15) is 11.3 Å². The summed E-state index contributed by atoms with van der Waals surface area (Å²) in [5, 5.41) is 6.77. The third-order valence-electron chi connectivity index (χ3n) is 2.65. The number of anilines is 1. The van der Waals surface area contributed by atoms with E-state index in [1.807, 2.05) is 16.8 Å². The van der Waals surface area contributed by atoms with E-state index in [0.29, 0.717) is 24.1 Å². The number of primary amides is 1. The smallest absolute Gasteiger partial charge is 0.248 e. The lowest BCUT2D eigenvalue weighted by Gasteiger charge is -2.05. The standard InChI is InChI=1S/C14H14N2O2S/c15-14(18)11-2-1-3-12(8-11)16-13(17)5-4-10-6-7-19-9-10/h1-3,6-9H,4-5H2,(H2,15,18)(H,16,17). The molecule has 2 rings (SSSR count). The number of hydrogen-bond donors (Lipinski definition) is 2. The van der Waals surface area contributed by atoms with Crippen molar-refractivity contribution in [2.45, 2.75) is 12.8 Å². The molecule has 3 N–H and O–H groups in total. The summed E-state index contributed by atoms with van der Waals surface area (Å²) < 4.78 is 0. The molecule has 0 unspecified atom stereocenters. The molecule has 1 heterocycles. The first-order valence-electron chi connectivity index (χ1n) is 5.86. The van der Waals surface area contributed by atoms with Crippen LogP contribution in [-0.2, 0) is 11.2 Å². The zero-order valence-corrected chi connectivity index (χ0v) is 11.1. The summed E-state index contributed by atoms with van der Waals surface area (Å²) in [6.07, 6.45) is 1.13. The van der Waals surface area contributed by atoms with Crippen LogP contribution in [0, 0.1) is 0 Å². The van der Waals surface area contributed by atoms with Gasteiger partial charge >= 0.3 is 0 Å². The molecule has 0 saturated carbocycles. The van der Waals surface area contributed by atoms with Crippen LogP contribution in [0.5, 0.6) is 0 Å². The van der Waals surface area contributed by atoms with Gasteiger partial charge in [0.05, 0.1) is 0 Å². The SMILES string of the molecule is NC(=O)c1cccc(NC(=O)CCc2ccsc2)c1. The second kappa shape index (κ2) is 6.15. The lowest BCUT2D eigenvalue weighted by Crippen LogP contribution is -2.14. The molecule has 5 heteroatoms. The monoisotopic (exact) mass is 274 g/mol. The fourth-order valence-electron chi connectivity index (χ4n) is 1.67. The third kappa shape index (κ3) is 3.93. The normalized spacial score (nSPS) is 10.1. The maximum atomic E-state index is 11.8. The Morgan fingerprint density at radius 1 is 1.26 bits per heavy atom. The Morgan fingerprint density at radius 3 is 2.79 bits per heavy atom. The zero-order chi connectivity index (χ0) is 13.7. The minimum absolute atomic E-state index is 0.0761. The van der Waals surface area contributed by atoms with Gasteiger partial charge in [0, 0.05) is 17.7 Å². The van der Waals surface area contributed by atoms with Crippen LogP contribution in [0.1, 0.15) is 22.3 Å². The van der Waals surface area contributed by atoms with Crippen LogP contribution in [0.2, 0.25) is 0 Å². The molecule has 2 amide bonds. The predicted molar refractivity (Wildman–Crippen MR) is 76.2 cm³/mol. The first-order chi connectivity index (χ1) is 9.15. The van der Waals surface area contributed by atoms with Gasteiger partial charge in [-0.15, -0.1) is 0 Å². The molecule has 1 aromatic heterocycles. The van der Waals surface area contributed by atoms with Crippen LogP contribution in [-0.4, -0.2) is 11.8 Å². The second-order valence-corrected chi connectivity index (χ2v) is 4.90. The number of nitrogens with two attached hydrogens (primary N) is 1. The van der Waals surface area contributed by atoms with Crippen molar-refractivity contribution in [1.82, 2.24) is 0 Å². The van der Waals surface area contributed by atoms with Gasteiger partial charge in [0.15, 0.2) is 0 Å². The van der Waals surface area contributed by atoms with Crippen molar-refractivity contribution in [3.63, 3.8) is 0 Å². The van der Waals surface area contributed by atoms with Crippen LogP contribution in [0.25, 0.3) is 0 Å². The van der Waals surface area contributed by atoms with Crippen molar-refractivity contribution >= 4 is 28.8 Å². The topological polar surface area (TPSA) is 72.2 Å². The summed E-state index contributed by atoms with van der Waals surface area (Å²) in [4.78, 5) is 22.8. The van der Waals surface area contributed by atoms with Gasteiger partial charge in [0.2, 0.25) is 11.8 Å². The fraction of sp³-hybridized carbons (Fsp3) is 0.143. The molecule has 0 atom stereocenters. The first-order valence-corrected chi connectivity index (χ1v) is 6.80. The van der Waals surface area contributed by atoms with Crippen molar-refractivity contribution in [2.75, 3.05) is 5.32 Å². The molecule has 0 aliphatic rings. The zero-order valence-electron chi connectivity index (χ0n) is 10.3. The summed E-state index contributed by atoms with van der Waals surface area (Å²) >= 11 is 1.62. The van der Waals surface area contributed by atoms with Crippen LogP contribution >= 0.6 is 11.3 Å². The molecular formula is C14H14N2O2S. The van der Waals surface area contributed by atoms with E-state index in [0.717, 1.165) is 5.56 Å². The molecule has 1 aromatic carbocycles. The highest BCUT2D eigenvalue weighted by molar-refractivity contribution is 7.07. The van der Waals surface area contributed by atoms with Gasteiger partial charge in [-0.1, -0.05) is 6.07 Å². The van der Waals surface area contributed by atoms with E-state index in [1.54, 1.807) is 35.6 Å². The average molecular weight is 274 g/mol. The van der Waals surface area contributed by atoms with E-state index in [1.165, 1.54) is 0 Å². The summed E-state index contributed by atoms with van der Waals surface area (Å²) in [5.74, 6) is -0.581. The van der Waals surface area contributed by atoms with Crippen molar-refractivity contribution < 1.29 is 9.59 Å². The van der Waals surface area contributed by atoms with Gasteiger partial charge in [0.25, 0.3) is 0 Å². The average Bonchev–Trinajstić information content (AvgIpc) is 2.90. The Hall–Kier alpha value is -2.14. The summed E-state index contributed by atoms with van der Waals surface area (Å²) in [5.41, 5.74) is 7.32. The van der Waals surface area contributed by atoms with Gasteiger partial charge in [-0.3, -0.25) is 9.59 Å². The predicted octanol–water partition coefficient (Wildman–Crippen LogP) is 2.42. The molecule has 0 saturated heterocycles. The Labute approximate surface area is 115 Å². The molecule has 0 aliphatic carbocycles. The minimum atomic E-state index is -0.505. The first kappa shape index (κ1) is 13.3. The number of thiophene rings is 1. The van der Waals surface area contributed by atoms with E-state index in [-0.39, 0.29) is 5.91 Å². The van der Waals surface area contributed by atoms with Crippen molar-refractivity contribution in [3.8, 4) is 0 Å². The number of amides is 2. The Kier molecular flexibility index (Phi) is 4.30. The van der Waals surface area contributed by atoms with Crippen molar-refractivity contribution in [2.24, 2.45) is 5.73 Å². The fourth-order valence-corrected chi connectivity index (χ4v) is 2.37. The number of rotatable bonds is 5. The number of nitrogens with one attached hydrogen (secondary N) is 1. The Bertz CT molecular complexity index is 579. The highest BCUT2D eigenvalue weighted by Crippen LogP contribution is 2.12. The van der Waals surface area contributed by atoms with Crippen LogP contribution in [0.4, 0.5) is 5.69 Å². The van der Waals surface area contributed by atoms with E-state index in [4.69, 9.17) is 5.73 Å². The molecule has 0 aliphatic heterocycles. The lowest BCUT2D eigenvalue weighted by atomic mass is 10.1. The van der Waals surface area contributed by atoms with E-state index < -0.39 is 5.91 Å². The van der Waals surface area contributed by atoms with Crippen LogP contribution < -0.4 is 11.1 Å². The largest absolute Gasteiger partial charge is 0.366 e. The molecule has 0 fully saturated rings. The van der Waals surface area contributed by atoms with Gasteiger partial charge in [-0.05, 0) is 47.0 Å². The van der Waals surface area contributed by atoms with Crippen LogP contribution in [0.3, 0.4) is 0 Å². The second-order valence-electron chi connectivity index (χ2n) is 4.12. The summed E-state index contributed by atoms with van der Waals surface area (Å²) in [7, 11) is 0. The quantitative estimate of drug-likeness (QED) is 0.878. The highest BCUT2D eigenvalue weighted by Gasteiger charge is 2.05. The van der Waals surface area contributed by atoms with E-state index >= 15 is 0 Å². The van der Waals surface area contributed by atoms with E-state index in [9.17, 15) is 9.59 Å². The van der Waals surface area contributed by atoms with E-state index in [2.05, 4.69) is 5.32 Å². The third-order valence-corrected chi connectivity index (χ3v) is 3.38. The molecule has 2 aromatic rings. The number of hydrogen-bond acceptors (Lipinski definition) is 3. The molecule has 0 radical (unpaired) electrons. The Balaban J connectivity index is 1.91. The van der Waals surface area contributed by atoms with Crippen LogP contribution in [0.15, 0.2) is 41.1 Å².